The van der Waals surface area contributed by atoms with Gasteiger partial charge in [0.05, 0.1) is 0 Å². The maximum absolute atomic E-state index is 2.44. The fourth-order valence-electron chi connectivity index (χ4n) is 5.19. The molecule has 6 aromatic rings. The summed E-state index contributed by atoms with van der Waals surface area (Å²) in [6, 6.07) is 44.0. The zero-order chi connectivity index (χ0) is 22.9. The number of halogens is 2. The second kappa shape index (κ2) is 12.6. The van der Waals surface area contributed by atoms with Gasteiger partial charge >= 0.3 is 21.7 Å². The van der Waals surface area contributed by atoms with Crippen LogP contribution >= 0.6 is 7.92 Å². The summed E-state index contributed by atoms with van der Waals surface area (Å²) < 4.78 is 0. The van der Waals surface area contributed by atoms with Crippen LogP contribution in [-0.4, -0.2) is 6.16 Å². The van der Waals surface area contributed by atoms with Gasteiger partial charge in [-0.1, -0.05) is 99.1 Å². The predicted molar refractivity (Wildman–Crippen MR) is 151 cm³/mol. The van der Waals surface area contributed by atoms with Crippen molar-refractivity contribution < 1.29 is 31.1 Å². The maximum atomic E-state index is 2.44. The second-order valence-electron chi connectivity index (χ2n) is 8.89. The Morgan fingerprint density at radius 2 is 1.32 bits per heavy atom. The number of hydrogen-bond acceptors (Lipinski definition) is 0. The molecule has 1 aliphatic heterocycles. The first-order valence-corrected chi connectivity index (χ1v) is 13.6. The van der Waals surface area contributed by atoms with Crippen LogP contribution in [-0.2, 0) is 21.7 Å². The van der Waals surface area contributed by atoms with Crippen LogP contribution in [0.25, 0.3) is 43.8 Å². The van der Waals surface area contributed by atoms with Gasteiger partial charge in [-0.2, -0.15) is 18.2 Å². The van der Waals surface area contributed by atoms with E-state index in [0.717, 1.165) is 0 Å². The fraction of sp³-hybridized carbons (Fsp3) is 0.0909. The molecule has 6 aromatic carbocycles. The summed E-state index contributed by atoms with van der Waals surface area (Å²) in [5.41, 5.74) is 5.48. The first-order valence-electron chi connectivity index (χ1n) is 12.1. The summed E-state index contributed by atoms with van der Waals surface area (Å²) in [6.07, 6.45) is 2.55. The SMILES string of the molecule is CCCP1c2cc3c(cccc3[cH-]2)-c2ccccc21.[F-].[F-].[Ti+4].c1ccc(-c2cccc3[cH-]ccc23)cc1. The van der Waals surface area contributed by atoms with Gasteiger partial charge in [-0.05, 0) is 22.6 Å². The Morgan fingerprint density at radius 1 is 0.649 bits per heavy atom. The molecular weight excluding hydrogens is 513 g/mol. The largest absolute Gasteiger partial charge is 4.00 e. The Bertz CT molecular complexity index is 1580. The van der Waals surface area contributed by atoms with Crippen molar-refractivity contribution in [3.63, 3.8) is 0 Å². The van der Waals surface area contributed by atoms with E-state index in [1.807, 2.05) is 0 Å². The van der Waals surface area contributed by atoms with Crippen LogP contribution in [0.15, 0.2) is 121 Å². The van der Waals surface area contributed by atoms with Crippen molar-refractivity contribution in [2.75, 3.05) is 6.16 Å². The van der Waals surface area contributed by atoms with Crippen LogP contribution in [0.3, 0.4) is 0 Å². The molecule has 4 heteroatoms. The molecule has 0 fully saturated rings. The van der Waals surface area contributed by atoms with Gasteiger partial charge in [-0.3, -0.25) is 0 Å². The minimum atomic E-state index is -0.172. The number of hydrogen-bond donors (Lipinski definition) is 0. The molecule has 0 amide bonds. The van der Waals surface area contributed by atoms with E-state index in [1.165, 1.54) is 56.4 Å². The molecule has 1 aliphatic rings. The standard InChI is InChI=1S/C18H16P.C15H11.2FH.Ti/c1-2-10-19-14-11-13-6-5-8-15(17(13)12-14)16-7-3-4-9-18(16)19;1-2-6-12(7-3-1)14-10-4-8-13-9-5-11-15(13)14;;;/h3-9,11-12H,2,10H2,1H3;1-11H;2*1H;/q2*-1;;;+4/p-2. The first-order chi connectivity index (χ1) is 16.8. The third-order valence-electron chi connectivity index (χ3n) is 6.74. The summed E-state index contributed by atoms with van der Waals surface area (Å²) in [5, 5.41) is 8.62. The zero-order valence-electron chi connectivity index (χ0n) is 20.7. The van der Waals surface area contributed by atoms with Crippen molar-refractivity contribution in [2.45, 2.75) is 13.3 Å². The summed E-state index contributed by atoms with van der Waals surface area (Å²) in [5.74, 6) is 0. The van der Waals surface area contributed by atoms with Gasteiger partial charge in [0.2, 0.25) is 0 Å². The van der Waals surface area contributed by atoms with Crippen molar-refractivity contribution in [1.29, 1.82) is 0 Å². The van der Waals surface area contributed by atoms with E-state index in [-0.39, 0.29) is 39.0 Å². The van der Waals surface area contributed by atoms with E-state index >= 15 is 0 Å². The molecule has 2 bridgehead atoms. The first kappa shape index (κ1) is 28.7. The number of rotatable bonds is 3. The Kier molecular flexibility index (Phi) is 9.74. The molecule has 7 rings (SSSR count). The van der Waals surface area contributed by atoms with Crippen molar-refractivity contribution in [3.8, 4) is 22.3 Å². The van der Waals surface area contributed by atoms with Gasteiger partial charge in [-0.25, -0.2) is 0 Å². The normalized spacial score (nSPS) is 12.8. The molecule has 0 saturated heterocycles. The third-order valence-corrected chi connectivity index (χ3v) is 9.49. The van der Waals surface area contributed by atoms with Crippen molar-refractivity contribution in [2.24, 2.45) is 0 Å². The minimum absolute atomic E-state index is 0. The van der Waals surface area contributed by atoms with Crippen LogP contribution < -0.4 is 20.0 Å². The summed E-state index contributed by atoms with van der Waals surface area (Å²) in [6.45, 7) is 2.29. The fourth-order valence-corrected chi connectivity index (χ4v) is 7.75. The average Bonchev–Trinajstić information content (AvgIpc) is 3.52. The molecule has 0 nitrogen and oxygen atoms in total. The van der Waals surface area contributed by atoms with Crippen LogP contribution in [0.2, 0.25) is 0 Å². The van der Waals surface area contributed by atoms with Crippen molar-refractivity contribution in [3.05, 3.63) is 121 Å². The van der Waals surface area contributed by atoms with Gasteiger partial charge in [-0.15, -0.1) is 63.2 Å². The molecule has 0 spiro atoms. The van der Waals surface area contributed by atoms with Gasteiger partial charge in [0, 0.05) is 0 Å². The van der Waals surface area contributed by atoms with Gasteiger partial charge in [0.1, 0.15) is 0 Å². The smallest absolute Gasteiger partial charge is 1.00 e. The Morgan fingerprint density at radius 3 is 2.11 bits per heavy atom. The van der Waals surface area contributed by atoms with Gasteiger partial charge < -0.3 is 9.41 Å². The Balaban J connectivity index is 0.000000195. The van der Waals surface area contributed by atoms with Crippen LogP contribution in [0.5, 0.6) is 0 Å². The minimum Gasteiger partial charge on any atom is -1.00 e. The van der Waals surface area contributed by atoms with Crippen LogP contribution in [0.4, 0.5) is 0 Å². The molecule has 37 heavy (non-hydrogen) atoms. The monoisotopic (exact) mass is 540 g/mol. The Labute approximate surface area is 233 Å². The molecule has 0 saturated carbocycles. The van der Waals surface area contributed by atoms with Crippen molar-refractivity contribution >= 4 is 40.1 Å². The number of benzene rings is 4. The summed E-state index contributed by atoms with van der Waals surface area (Å²) in [7, 11) is -0.172. The summed E-state index contributed by atoms with van der Waals surface area (Å²) >= 11 is 0. The molecule has 0 N–H and O–H groups in total. The van der Waals surface area contributed by atoms with Crippen LogP contribution in [0, 0.1) is 0 Å². The third kappa shape index (κ3) is 5.39. The zero-order valence-corrected chi connectivity index (χ0v) is 23.1. The van der Waals surface area contributed by atoms with Crippen LogP contribution in [0.1, 0.15) is 13.3 Å². The number of fused-ring (bicyclic) bond motifs is 4. The molecule has 1 heterocycles. The topological polar surface area (TPSA) is 0 Å². The maximum Gasteiger partial charge on any atom is 4.00 e. The van der Waals surface area contributed by atoms with E-state index < -0.39 is 0 Å². The van der Waals surface area contributed by atoms with E-state index in [2.05, 4.69) is 128 Å². The van der Waals surface area contributed by atoms with E-state index in [0.29, 0.717) is 0 Å². The van der Waals surface area contributed by atoms with Gasteiger partial charge in [0.25, 0.3) is 0 Å². The molecule has 1 unspecified atom stereocenters. The molecule has 1 atom stereocenters. The molecule has 0 aliphatic carbocycles. The van der Waals surface area contributed by atoms with E-state index in [1.54, 1.807) is 10.6 Å². The summed E-state index contributed by atoms with van der Waals surface area (Å²) in [4.78, 5) is 0. The van der Waals surface area contributed by atoms with E-state index in [4.69, 9.17) is 0 Å². The molecule has 0 radical (unpaired) electrons. The van der Waals surface area contributed by atoms with E-state index in [9.17, 15) is 0 Å². The average molecular weight is 540 g/mol. The Hall–Kier alpha value is -2.90. The predicted octanol–water partition coefficient (Wildman–Crippen LogP) is 2.61. The molecule has 0 aromatic heterocycles. The van der Waals surface area contributed by atoms with Gasteiger partial charge in [0.15, 0.2) is 0 Å². The molecule has 182 valence electrons. The second-order valence-corrected chi connectivity index (χ2v) is 11.2. The quantitative estimate of drug-likeness (QED) is 0.184. The van der Waals surface area contributed by atoms with Crippen molar-refractivity contribution in [1.82, 2.24) is 0 Å². The molecular formula is C33H27F2PTi.